The van der Waals surface area contributed by atoms with E-state index in [2.05, 4.69) is 0 Å². The van der Waals surface area contributed by atoms with Crippen molar-refractivity contribution in [1.29, 1.82) is 0 Å². The summed E-state index contributed by atoms with van der Waals surface area (Å²) in [6, 6.07) is 17.2. The van der Waals surface area contributed by atoms with Crippen LogP contribution in [0.15, 0.2) is 59.4 Å². The molecule has 1 aromatic heterocycles. The number of amides is 1. The van der Waals surface area contributed by atoms with Crippen molar-refractivity contribution in [2.24, 2.45) is 7.05 Å². The van der Waals surface area contributed by atoms with Crippen LogP contribution in [-0.2, 0) is 11.8 Å². The Kier molecular flexibility index (Phi) is 5.25. The summed E-state index contributed by atoms with van der Waals surface area (Å²) in [5.74, 6) is 1.17. The van der Waals surface area contributed by atoms with Gasteiger partial charge in [0.15, 0.2) is 6.61 Å². The van der Waals surface area contributed by atoms with Gasteiger partial charge in [-0.05, 0) is 35.9 Å². The van der Waals surface area contributed by atoms with Crippen molar-refractivity contribution in [3.63, 3.8) is 0 Å². The molecule has 150 valence electrons. The molecule has 0 N–H and O–H groups in total. The van der Waals surface area contributed by atoms with Crippen molar-refractivity contribution in [2.45, 2.75) is 19.4 Å². The van der Waals surface area contributed by atoms with Crippen molar-refractivity contribution >= 4 is 16.7 Å². The molecule has 0 spiro atoms. The summed E-state index contributed by atoms with van der Waals surface area (Å²) < 4.78 is 13.2. The molecule has 6 heteroatoms. The Balaban J connectivity index is 1.32. The van der Waals surface area contributed by atoms with E-state index in [0.717, 1.165) is 22.9 Å². The lowest BCUT2D eigenvalue weighted by Gasteiger charge is -2.18. The Morgan fingerprint density at radius 2 is 1.86 bits per heavy atom. The van der Waals surface area contributed by atoms with Gasteiger partial charge in [-0.2, -0.15) is 0 Å². The van der Waals surface area contributed by atoms with Gasteiger partial charge < -0.3 is 18.9 Å². The van der Waals surface area contributed by atoms with E-state index >= 15 is 0 Å². The molecule has 1 saturated heterocycles. The Morgan fingerprint density at radius 3 is 2.66 bits per heavy atom. The van der Waals surface area contributed by atoms with Crippen LogP contribution in [0.2, 0.25) is 0 Å². The Bertz CT molecular complexity index is 1110. The summed E-state index contributed by atoms with van der Waals surface area (Å²) >= 11 is 0. The summed E-state index contributed by atoms with van der Waals surface area (Å²) in [6.45, 7) is 2.97. The summed E-state index contributed by atoms with van der Waals surface area (Å²) in [7, 11) is 1.73. The highest BCUT2D eigenvalue weighted by Crippen LogP contribution is 2.21. The fourth-order valence-corrected chi connectivity index (χ4v) is 3.54. The van der Waals surface area contributed by atoms with E-state index in [-0.39, 0.29) is 24.2 Å². The van der Waals surface area contributed by atoms with Crippen molar-refractivity contribution < 1.29 is 14.3 Å². The lowest BCUT2D eigenvalue weighted by molar-refractivity contribution is -0.132. The molecule has 0 bridgehead atoms. The first-order valence-corrected chi connectivity index (χ1v) is 9.73. The molecule has 1 amide bonds. The smallest absolute Gasteiger partial charge is 0.260 e. The molecule has 4 rings (SSSR count). The van der Waals surface area contributed by atoms with E-state index in [9.17, 15) is 9.59 Å². The van der Waals surface area contributed by atoms with Crippen LogP contribution in [0.25, 0.3) is 10.8 Å². The highest BCUT2D eigenvalue weighted by molar-refractivity contribution is 5.84. The van der Waals surface area contributed by atoms with E-state index in [1.807, 2.05) is 55.5 Å². The molecule has 29 heavy (non-hydrogen) atoms. The number of aryl methyl sites for hydroxylation is 1. The number of rotatable bonds is 5. The number of aromatic nitrogens is 1. The third kappa shape index (κ3) is 4.26. The SMILES string of the molecule is Cc1cc(OC2CCN(C(=O)COc3ccc4ccccc4c3)C2)cc(=O)n1C. The molecule has 1 unspecified atom stereocenters. The summed E-state index contributed by atoms with van der Waals surface area (Å²) in [5.41, 5.74) is 0.733. The predicted molar refractivity (Wildman–Crippen MR) is 111 cm³/mol. The number of ether oxygens (including phenoxy) is 2. The van der Waals surface area contributed by atoms with Gasteiger partial charge in [-0.25, -0.2) is 0 Å². The molecule has 3 aromatic rings. The Labute approximate surface area is 169 Å². The number of fused-ring (bicyclic) bond motifs is 1. The minimum Gasteiger partial charge on any atom is -0.488 e. The number of nitrogens with zero attached hydrogens (tertiary/aromatic N) is 2. The summed E-state index contributed by atoms with van der Waals surface area (Å²) in [4.78, 5) is 26.2. The van der Waals surface area contributed by atoms with Gasteiger partial charge in [0.2, 0.25) is 0 Å². The molecular formula is C23H24N2O4. The standard InChI is InChI=1S/C23H24N2O4/c1-16-11-21(13-22(26)24(16)2)29-20-9-10-25(14-20)23(27)15-28-19-8-7-17-5-3-4-6-18(17)12-19/h3-8,11-13,20H,9-10,14-15H2,1-2H3. The number of carbonyl (C=O) groups is 1. The molecule has 1 atom stereocenters. The van der Waals surface area contributed by atoms with Crippen molar-refractivity contribution in [3.8, 4) is 11.5 Å². The predicted octanol–water partition coefficient (Wildman–Crippen LogP) is 2.91. The van der Waals surface area contributed by atoms with Crippen molar-refractivity contribution in [3.05, 3.63) is 70.6 Å². The van der Waals surface area contributed by atoms with Crippen molar-refractivity contribution in [2.75, 3.05) is 19.7 Å². The van der Waals surface area contributed by atoms with E-state index < -0.39 is 0 Å². The molecular weight excluding hydrogens is 368 g/mol. The molecule has 6 nitrogen and oxygen atoms in total. The topological polar surface area (TPSA) is 60.8 Å². The van der Waals surface area contributed by atoms with Crippen LogP contribution in [-0.4, -0.2) is 41.2 Å². The van der Waals surface area contributed by atoms with Crippen LogP contribution in [0, 0.1) is 6.92 Å². The second kappa shape index (κ2) is 7.99. The van der Waals surface area contributed by atoms with Gasteiger partial charge >= 0.3 is 0 Å². The molecule has 1 aliphatic rings. The molecule has 0 saturated carbocycles. The number of hydrogen-bond donors (Lipinski definition) is 0. The monoisotopic (exact) mass is 392 g/mol. The van der Waals surface area contributed by atoms with E-state index in [0.29, 0.717) is 24.6 Å². The van der Waals surface area contributed by atoms with Gasteiger partial charge in [0.1, 0.15) is 17.6 Å². The zero-order chi connectivity index (χ0) is 20.4. The molecule has 2 heterocycles. The maximum absolute atomic E-state index is 12.5. The molecule has 1 aliphatic heterocycles. The van der Waals surface area contributed by atoms with Gasteiger partial charge in [0, 0.05) is 31.8 Å². The third-order valence-electron chi connectivity index (χ3n) is 5.36. The fraction of sp³-hybridized carbons (Fsp3) is 0.304. The average Bonchev–Trinajstić information content (AvgIpc) is 3.18. The van der Waals surface area contributed by atoms with Crippen LogP contribution < -0.4 is 15.0 Å². The summed E-state index contributed by atoms with van der Waals surface area (Å²) in [6.07, 6.45) is 0.613. The van der Waals surface area contributed by atoms with Crippen LogP contribution >= 0.6 is 0 Å². The maximum atomic E-state index is 12.5. The second-order valence-electron chi connectivity index (χ2n) is 7.40. The zero-order valence-corrected chi connectivity index (χ0v) is 16.6. The van der Waals surface area contributed by atoms with Gasteiger partial charge in [0.25, 0.3) is 11.5 Å². The lowest BCUT2D eigenvalue weighted by Crippen LogP contribution is -2.34. The van der Waals surface area contributed by atoms with E-state index in [1.54, 1.807) is 16.5 Å². The second-order valence-corrected chi connectivity index (χ2v) is 7.40. The minimum atomic E-state index is -0.119. The number of carbonyl (C=O) groups excluding carboxylic acids is 1. The number of likely N-dealkylation sites (tertiary alicyclic amines) is 1. The number of pyridine rings is 1. The first kappa shape index (κ1) is 19.1. The molecule has 0 aliphatic carbocycles. The van der Waals surface area contributed by atoms with Crippen molar-refractivity contribution in [1.82, 2.24) is 9.47 Å². The van der Waals surface area contributed by atoms with Gasteiger partial charge in [0.05, 0.1) is 6.54 Å². The van der Waals surface area contributed by atoms with Crippen LogP contribution in [0.1, 0.15) is 12.1 Å². The quantitative estimate of drug-likeness (QED) is 0.670. The average molecular weight is 392 g/mol. The largest absolute Gasteiger partial charge is 0.488 e. The normalized spacial score (nSPS) is 16.2. The Hall–Kier alpha value is -3.28. The molecule has 2 aromatic carbocycles. The Morgan fingerprint density at radius 1 is 1.07 bits per heavy atom. The summed E-state index contributed by atoms with van der Waals surface area (Å²) in [5, 5.41) is 2.22. The van der Waals surface area contributed by atoms with Gasteiger partial charge in [-0.3, -0.25) is 9.59 Å². The highest BCUT2D eigenvalue weighted by atomic mass is 16.5. The lowest BCUT2D eigenvalue weighted by atomic mass is 10.1. The fourth-order valence-electron chi connectivity index (χ4n) is 3.54. The number of hydrogen-bond acceptors (Lipinski definition) is 4. The maximum Gasteiger partial charge on any atom is 0.260 e. The van der Waals surface area contributed by atoms with Gasteiger partial charge in [-0.1, -0.05) is 30.3 Å². The number of benzene rings is 2. The van der Waals surface area contributed by atoms with E-state index in [1.165, 1.54) is 6.07 Å². The molecule has 1 fully saturated rings. The highest BCUT2D eigenvalue weighted by Gasteiger charge is 2.28. The van der Waals surface area contributed by atoms with E-state index in [4.69, 9.17) is 9.47 Å². The minimum absolute atomic E-state index is 0.00392. The van der Waals surface area contributed by atoms with Crippen LogP contribution in [0.4, 0.5) is 0 Å². The zero-order valence-electron chi connectivity index (χ0n) is 16.6. The first-order valence-electron chi connectivity index (χ1n) is 9.73. The van der Waals surface area contributed by atoms with Crippen LogP contribution in [0.5, 0.6) is 11.5 Å². The third-order valence-corrected chi connectivity index (χ3v) is 5.36. The first-order chi connectivity index (χ1) is 14.0. The van der Waals surface area contributed by atoms with Gasteiger partial charge in [-0.15, -0.1) is 0 Å². The van der Waals surface area contributed by atoms with Crippen LogP contribution in [0.3, 0.4) is 0 Å². The molecule has 0 radical (unpaired) electrons.